The molecule has 1 aromatic carbocycles. The molecule has 6 nitrogen and oxygen atoms in total. The van der Waals surface area contributed by atoms with E-state index in [1.54, 1.807) is 7.11 Å². The molecular weight excluding hydrogens is 316 g/mol. The number of aryl methyl sites for hydroxylation is 3. The largest absolute Gasteiger partial charge is 0.496 e. The number of nitrogens with one attached hydrogen (secondary N) is 2. The van der Waals surface area contributed by atoms with Crippen molar-refractivity contribution in [3.8, 4) is 5.75 Å². The van der Waals surface area contributed by atoms with Gasteiger partial charge >= 0.3 is 6.03 Å². The molecule has 6 heteroatoms. The summed E-state index contributed by atoms with van der Waals surface area (Å²) in [7, 11) is 1.66. The van der Waals surface area contributed by atoms with Gasteiger partial charge in [0.2, 0.25) is 0 Å². The fourth-order valence-electron chi connectivity index (χ4n) is 3.69. The van der Waals surface area contributed by atoms with E-state index in [1.807, 2.05) is 43.9 Å². The molecule has 25 heavy (non-hydrogen) atoms. The Balaban J connectivity index is 1.67. The van der Waals surface area contributed by atoms with Crippen LogP contribution in [0.3, 0.4) is 0 Å². The van der Waals surface area contributed by atoms with Gasteiger partial charge in [0, 0.05) is 24.3 Å². The van der Waals surface area contributed by atoms with Gasteiger partial charge in [-0.15, -0.1) is 0 Å². The second-order valence-corrected chi connectivity index (χ2v) is 6.66. The highest BCUT2D eigenvalue weighted by molar-refractivity contribution is 5.75. The van der Waals surface area contributed by atoms with Crippen LogP contribution in [0.2, 0.25) is 0 Å². The molecule has 1 fully saturated rings. The van der Waals surface area contributed by atoms with Gasteiger partial charge in [0.15, 0.2) is 0 Å². The molecular formula is C19H26N4O2. The van der Waals surface area contributed by atoms with Gasteiger partial charge in [-0.05, 0) is 50.8 Å². The lowest BCUT2D eigenvalue weighted by Gasteiger charge is -2.25. The molecule has 2 N–H and O–H groups in total. The number of ether oxygens (including phenoxy) is 1. The highest BCUT2D eigenvalue weighted by Gasteiger charge is 2.32. The first-order valence-electron chi connectivity index (χ1n) is 8.70. The second kappa shape index (κ2) is 7.17. The summed E-state index contributed by atoms with van der Waals surface area (Å²) in [6.45, 7) is 7.31. The molecule has 1 aliphatic rings. The number of nitrogens with zero attached hydrogens (tertiary/aromatic N) is 2. The van der Waals surface area contributed by atoms with Crippen molar-refractivity contribution in [2.45, 2.75) is 46.2 Å². The number of aromatic amines is 1. The molecule has 2 heterocycles. The fraction of sp³-hybridized carbons (Fsp3) is 0.474. The summed E-state index contributed by atoms with van der Waals surface area (Å²) >= 11 is 0. The average Bonchev–Trinajstić information content (AvgIpc) is 3.19. The first-order valence-corrected chi connectivity index (χ1v) is 8.70. The lowest BCUT2D eigenvalue weighted by molar-refractivity contribution is 0.192. The zero-order chi connectivity index (χ0) is 18.0. The van der Waals surface area contributed by atoms with Gasteiger partial charge in [0.25, 0.3) is 0 Å². The topological polar surface area (TPSA) is 70.2 Å². The number of likely N-dealkylation sites (tertiary alicyclic amines) is 1. The Labute approximate surface area is 148 Å². The highest BCUT2D eigenvalue weighted by Crippen LogP contribution is 2.34. The van der Waals surface area contributed by atoms with Crippen molar-refractivity contribution < 1.29 is 9.53 Å². The minimum atomic E-state index is -0.0176. The molecule has 0 aliphatic carbocycles. The summed E-state index contributed by atoms with van der Waals surface area (Å²) in [5.74, 6) is 0.862. The van der Waals surface area contributed by atoms with Crippen molar-refractivity contribution in [2.75, 3.05) is 13.7 Å². The van der Waals surface area contributed by atoms with Crippen LogP contribution < -0.4 is 10.1 Å². The van der Waals surface area contributed by atoms with Crippen molar-refractivity contribution in [3.63, 3.8) is 0 Å². The number of urea groups is 1. The molecule has 134 valence electrons. The lowest BCUT2D eigenvalue weighted by Crippen LogP contribution is -2.39. The van der Waals surface area contributed by atoms with Gasteiger partial charge in [-0.3, -0.25) is 5.10 Å². The third kappa shape index (κ3) is 3.48. The molecule has 0 spiro atoms. The predicted octanol–water partition coefficient (Wildman–Crippen LogP) is 3.39. The van der Waals surface area contributed by atoms with Gasteiger partial charge in [0.05, 0.1) is 18.8 Å². The number of hydrogen-bond acceptors (Lipinski definition) is 3. The maximum absolute atomic E-state index is 12.7. The summed E-state index contributed by atoms with van der Waals surface area (Å²) in [6, 6.07) is 6.06. The van der Waals surface area contributed by atoms with Crippen molar-refractivity contribution in [3.05, 3.63) is 46.3 Å². The van der Waals surface area contributed by atoms with Crippen LogP contribution in [0.4, 0.5) is 4.79 Å². The van der Waals surface area contributed by atoms with Gasteiger partial charge in [0.1, 0.15) is 5.75 Å². The Kier molecular flexibility index (Phi) is 4.97. The zero-order valence-corrected chi connectivity index (χ0v) is 15.3. The van der Waals surface area contributed by atoms with Crippen molar-refractivity contribution in [1.29, 1.82) is 0 Å². The van der Waals surface area contributed by atoms with Crippen molar-refractivity contribution >= 4 is 6.03 Å². The number of hydrogen-bond donors (Lipinski definition) is 2. The number of H-pyrrole nitrogens is 1. The van der Waals surface area contributed by atoms with Gasteiger partial charge in [-0.25, -0.2) is 4.79 Å². The van der Waals surface area contributed by atoms with Crippen LogP contribution >= 0.6 is 0 Å². The maximum atomic E-state index is 12.7. The monoisotopic (exact) mass is 342 g/mol. The maximum Gasteiger partial charge on any atom is 0.318 e. The number of rotatable bonds is 4. The van der Waals surface area contributed by atoms with Crippen LogP contribution in [-0.2, 0) is 6.54 Å². The van der Waals surface area contributed by atoms with E-state index in [1.165, 1.54) is 0 Å². The van der Waals surface area contributed by atoms with E-state index >= 15 is 0 Å². The summed E-state index contributed by atoms with van der Waals surface area (Å²) in [6.07, 6.45) is 2.00. The summed E-state index contributed by atoms with van der Waals surface area (Å²) in [5.41, 5.74) is 5.32. The molecule has 1 aliphatic heterocycles. The highest BCUT2D eigenvalue weighted by atomic mass is 16.5. The number of amides is 2. The number of carbonyl (C=O) groups excluding carboxylic acids is 1. The first kappa shape index (κ1) is 17.3. The fourth-order valence-corrected chi connectivity index (χ4v) is 3.69. The second-order valence-electron chi connectivity index (χ2n) is 6.66. The van der Waals surface area contributed by atoms with Crippen LogP contribution in [0.1, 0.15) is 47.0 Å². The Morgan fingerprint density at radius 1 is 1.40 bits per heavy atom. The standard InChI is InChI=1S/C19H26N4O2/c1-12-10-15(7-8-17(12)25-4)11-20-19(24)23-9-5-6-16(23)18-13(2)21-22-14(18)3/h7-8,10,16H,5-6,9,11H2,1-4H3,(H,20,24)(H,21,22)/t16-/m0/s1. The minimum absolute atomic E-state index is 0.0176. The van der Waals surface area contributed by atoms with E-state index in [-0.39, 0.29) is 12.1 Å². The molecule has 1 saturated heterocycles. The normalized spacial score (nSPS) is 17.0. The smallest absolute Gasteiger partial charge is 0.318 e. The average molecular weight is 342 g/mol. The molecule has 2 aromatic rings. The lowest BCUT2D eigenvalue weighted by atomic mass is 10.0. The Morgan fingerprint density at radius 2 is 2.20 bits per heavy atom. The number of carbonyl (C=O) groups is 1. The molecule has 0 unspecified atom stereocenters. The van der Waals surface area contributed by atoms with Crippen molar-refractivity contribution in [2.24, 2.45) is 0 Å². The van der Waals surface area contributed by atoms with Crippen LogP contribution in [0.5, 0.6) is 5.75 Å². The Bertz CT molecular complexity index is 749. The molecule has 3 rings (SSSR count). The number of benzene rings is 1. The SMILES string of the molecule is COc1ccc(CNC(=O)N2CCC[C@H]2c2c(C)n[nH]c2C)cc1C. The van der Waals surface area contributed by atoms with Crippen LogP contribution in [0, 0.1) is 20.8 Å². The van der Waals surface area contributed by atoms with Gasteiger partial charge in [-0.1, -0.05) is 12.1 Å². The minimum Gasteiger partial charge on any atom is -0.496 e. The van der Waals surface area contributed by atoms with E-state index in [0.717, 1.165) is 53.2 Å². The van der Waals surface area contributed by atoms with Crippen LogP contribution in [0.25, 0.3) is 0 Å². The van der Waals surface area contributed by atoms with E-state index in [9.17, 15) is 4.79 Å². The molecule has 2 amide bonds. The molecule has 0 radical (unpaired) electrons. The quantitative estimate of drug-likeness (QED) is 0.895. The van der Waals surface area contributed by atoms with E-state index in [4.69, 9.17) is 4.74 Å². The Morgan fingerprint density at radius 3 is 2.84 bits per heavy atom. The van der Waals surface area contributed by atoms with Gasteiger partial charge < -0.3 is 15.0 Å². The van der Waals surface area contributed by atoms with Crippen molar-refractivity contribution in [1.82, 2.24) is 20.4 Å². The molecule has 1 aromatic heterocycles. The molecule has 1 atom stereocenters. The summed E-state index contributed by atoms with van der Waals surface area (Å²) in [5, 5.41) is 10.4. The van der Waals surface area contributed by atoms with E-state index in [2.05, 4.69) is 15.5 Å². The van der Waals surface area contributed by atoms with Crippen LogP contribution in [-0.4, -0.2) is 34.8 Å². The van der Waals surface area contributed by atoms with Crippen LogP contribution in [0.15, 0.2) is 18.2 Å². The Hall–Kier alpha value is -2.50. The predicted molar refractivity (Wildman–Crippen MR) is 96.7 cm³/mol. The summed E-state index contributed by atoms with van der Waals surface area (Å²) in [4.78, 5) is 14.6. The third-order valence-corrected chi connectivity index (χ3v) is 4.93. The first-order chi connectivity index (χ1) is 12.0. The third-order valence-electron chi connectivity index (χ3n) is 4.93. The number of aromatic nitrogens is 2. The number of methoxy groups -OCH3 is 1. The van der Waals surface area contributed by atoms with Gasteiger partial charge in [-0.2, -0.15) is 5.10 Å². The zero-order valence-electron chi connectivity index (χ0n) is 15.3. The van der Waals surface area contributed by atoms with E-state index < -0.39 is 0 Å². The van der Waals surface area contributed by atoms with E-state index in [0.29, 0.717) is 6.54 Å². The summed E-state index contributed by atoms with van der Waals surface area (Å²) < 4.78 is 5.28. The molecule has 0 saturated carbocycles. The molecule has 0 bridgehead atoms.